The van der Waals surface area contributed by atoms with E-state index < -0.39 is 11.6 Å². The smallest absolute Gasteiger partial charge is 0.254 e. The standard InChI is InChI=1S/C16H18F2N2O2/c17-13-6-5-10(7-14(13)18)16(22)20-8-11(9-20)15(21)19-12-3-1-2-4-12/h5-7,11-12H,1-4,8-9H2,(H,19,21). The zero-order valence-corrected chi connectivity index (χ0v) is 12.1. The fourth-order valence-electron chi connectivity index (χ4n) is 3.01. The minimum Gasteiger partial charge on any atom is -0.353 e. The number of benzene rings is 1. The summed E-state index contributed by atoms with van der Waals surface area (Å²) in [5.41, 5.74) is 0.105. The van der Waals surface area contributed by atoms with Crippen molar-refractivity contribution in [2.45, 2.75) is 31.7 Å². The topological polar surface area (TPSA) is 49.4 Å². The predicted molar refractivity (Wildman–Crippen MR) is 76.2 cm³/mol. The Balaban J connectivity index is 1.52. The summed E-state index contributed by atoms with van der Waals surface area (Å²) >= 11 is 0. The predicted octanol–water partition coefficient (Wildman–Crippen LogP) is 2.10. The maximum absolute atomic E-state index is 13.1. The van der Waals surface area contributed by atoms with E-state index in [0.29, 0.717) is 13.1 Å². The van der Waals surface area contributed by atoms with E-state index in [4.69, 9.17) is 0 Å². The number of likely N-dealkylation sites (tertiary alicyclic amines) is 1. The molecule has 1 aromatic carbocycles. The molecule has 22 heavy (non-hydrogen) atoms. The van der Waals surface area contributed by atoms with Gasteiger partial charge < -0.3 is 10.2 Å². The van der Waals surface area contributed by atoms with Gasteiger partial charge in [-0.05, 0) is 31.0 Å². The number of rotatable bonds is 3. The molecule has 1 aliphatic carbocycles. The molecule has 2 fully saturated rings. The maximum atomic E-state index is 13.1. The number of nitrogens with zero attached hydrogens (tertiary/aromatic N) is 1. The van der Waals surface area contributed by atoms with Crippen LogP contribution in [0.25, 0.3) is 0 Å². The second kappa shape index (κ2) is 6.02. The lowest BCUT2D eigenvalue weighted by molar-refractivity contribution is -0.129. The zero-order valence-electron chi connectivity index (χ0n) is 12.1. The van der Waals surface area contributed by atoms with E-state index in [-0.39, 0.29) is 29.3 Å². The SMILES string of the molecule is O=C(NC1CCCC1)C1CN(C(=O)c2ccc(F)c(F)c2)C1. The first-order valence-electron chi connectivity index (χ1n) is 7.59. The lowest BCUT2D eigenvalue weighted by atomic mass is 9.97. The minimum absolute atomic E-state index is 0.0127. The lowest BCUT2D eigenvalue weighted by Crippen LogP contribution is -2.56. The molecule has 1 saturated carbocycles. The van der Waals surface area contributed by atoms with Gasteiger partial charge >= 0.3 is 0 Å². The molecule has 0 bridgehead atoms. The minimum atomic E-state index is -1.04. The van der Waals surface area contributed by atoms with Crippen LogP contribution in [0.2, 0.25) is 0 Å². The molecule has 4 nitrogen and oxygen atoms in total. The van der Waals surface area contributed by atoms with Crippen molar-refractivity contribution in [1.82, 2.24) is 10.2 Å². The van der Waals surface area contributed by atoms with E-state index in [9.17, 15) is 18.4 Å². The van der Waals surface area contributed by atoms with Crippen LogP contribution < -0.4 is 5.32 Å². The number of nitrogens with one attached hydrogen (secondary N) is 1. The Morgan fingerprint density at radius 3 is 2.41 bits per heavy atom. The first-order valence-corrected chi connectivity index (χ1v) is 7.59. The highest BCUT2D eigenvalue weighted by atomic mass is 19.2. The number of carbonyl (C=O) groups excluding carboxylic acids is 2. The van der Waals surface area contributed by atoms with Crippen LogP contribution in [0.1, 0.15) is 36.0 Å². The monoisotopic (exact) mass is 308 g/mol. The molecule has 1 aliphatic heterocycles. The third kappa shape index (κ3) is 2.96. The van der Waals surface area contributed by atoms with Gasteiger partial charge in [-0.25, -0.2) is 8.78 Å². The molecule has 0 spiro atoms. The molecule has 0 radical (unpaired) electrons. The Morgan fingerprint density at radius 1 is 1.09 bits per heavy atom. The highest BCUT2D eigenvalue weighted by Gasteiger charge is 2.37. The molecular weight excluding hydrogens is 290 g/mol. The molecule has 2 amide bonds. The maximum Gasteiger partial charge on any atom is 0.254 e. The molecule has 0 atom stereocenters. The van der Waals surface area contributed by atoms with Crippen molar-refractivity contribution in [2.75, 3.05) is 13.1 Å². The first kappa shape index (κ1) is 14.9. The molecule has 0 unspecified atom stereocenters. The summed E-state index contributed by atoms with van der Waals surface area (Å²) in [6.45, 7) is 0.659. The Hall–Kier alpha value is -1.98. The van der Waals surface area contributed by atoms with Crippen LogP contribution in [0.4, 0.5) is 8.78 Å². The van der Waals surface area contributed by atoms with Gasteiger partial charge in [0.1, 0.15) is 0 Å². The van der Waals surface area contributed by atoms with E-state index in [0.717, 1.165) is 37.8 Å². The van der Waals surface area contributed by atoms with E-state index in [2.05, 4.69) is 5.32 Å². The van der Waals surface area contributed by atoms with Gasteiger partial charge in [0.2, 0.25) is 5.91 Å². The Morgan fingerprint density at radius 2 is 1.77 bits per heavy atom. The second-order valence-electron chi connectivity index (χ2n) is 6.03. The summed E-state index contributed by atoms with van der Waals surface area (Å²) in [5.74, 6) is -2.60. The van der Waals surface area contributed by atoms with Gasteiger partial charge in [0.25, 0.3) is 5.91 Å². The summed E-state index contributed by atoms with van der Waals surface area (Å²) in [4.78, 5) is 25.6. The van der Waals surface area contributed by atoms with Gasteiger partial charge in [0.05, 0.1) is 5.92 Å². The number of hydrogen-bond acceptors (Lipinski definition) is 2. The molecule has 118 valence electrons. The zero-order chi connectivity index (χ0) is 15.7. The Labute approximate surface area is 127 Å². The number of amides is 2. The van der Waals surface area contributed by atoms with E-state index in [1.807, 2.05) is 0 Å². The van der Waals surface area contributed by atoms with Crippen LogP contribution in [0.3, 0.4) is 0 Å². The average molecular weight is 308 g/mol. The fourth-order valence-corrected chi connectivity index (χ4v) is 3.01. The molecule has 3 rings (SSSR count). The quantitative estimate of drug-likeness (QED) is 0.929. The summed E-state index contributed by atoms with van der Waals surface area (Å²) in [6.07, 6.45) is 4.35. The van der Waals surface area contributed by atoms with E-state index in [1.165, 1.54) is 11.0 Å². The van der Waals surface area contributed by atoms with Crippen molar-refractivity contribution < 1.29 is 18.4 Å². The molecular formula is C16H18F2N2O2. The molecule has 2 aliphatic rings. The Kier molecular flexibility index (Phi) is 4.09. The van der Waals surface area contributed by atoms with E-state index in [1.54, 1.807) is 0 Å². The second-order valence-corrected chi connectivity index (χ2v) is 6.03. The van der Waals surface area contributed by atoms with Crippen molar-refractivity contribution in [3.8, 4) is 0 Å². The van der Waals surface area contributed by atoms with Crippen LogP contribution in [-0.2, 0) is 4.79 Å². The van der Waals surface area contributed by atoms with Crippen molar-refractivity contribution in [1.29, 1.82) is 0 Å². The van der Waals surface area contributed by atoms with Gasteiger partial charge in [0.15, 0.2) is 11.6 Å². The average Bonchev–Trinajstić information content (AvgIpc) is 2.92. The number of hydrogen-bond donors (Lipinski definition) is 1. The molecule has 6 heteroatoms. The molecule has 1 heterocycles. The van der Waals surface area contributed by atoms with E-state index >= 15 is 0 Å². The normalized spacial score (nSPS) is 19.1. The van der Waals surface area contributed by atoms with Gasteiger partial charge in [-0.15, -0.1) is 0 Å². The van der Waals surface area contributed by atoms with Crippen molar-refractivity contribution in [2.24, 2.45) is 5.92 Å². The van der Waals surface area contributed by atoms with Crippen molar-refractivity contribution >= 4 is 11.8 Å². The van der Waals surface area contributed by atoms with Crippen molar-refractivity contribution in [3.63, 3.8) is 0 Å². The van der Waals surface area contributed by atoms with Crippen LogP contribution in [0.5, 0.6) is 0 Å². The lowest BCUT2D eigenvalue weighted by Gasteiger charge is -2.38. The molecule has 1 aromatic rings. The first-order chi connectivity index (χ1) is 10.5. The summed E-state index contributed by atoms with van der Waals surface area (Å²) in [5, 5.41) is 3.01. The van der Waals surface area contributed by atoms with Gasteiger partial charge in [-0.3, -0.25) is 9.59 Å². The van der Waals surface area contributed by atoms with Gasteiger partial charge in [0, 0.05) is 24.7 Å². The highest BCUT2D eigenvalue weighted by Crippen LogP contribution is 2.22. The third-order valence-corrected chi connectivity index (χ3v) is 4.41. The summed E-state index contributed by atoms with van der Waals surface area (Å²) in [7, 11) is 0. The van der Waals surface area contributed by atoms with Crippen molar-refractivity contribution in [3.05, 3.63) is 35.4 Å². The third-order valence-electron chi connectivity index (χ3n) is 4.41. The van der Waals surface area contributed by atoms with Gasteiger partial charge in [-0.2, -0.15) is 0 Å². The van der Waals surface area contributed by atoms with Crippen LogP contribution in [-0.4, -0.2) is 35.8 Å². The van der Waals surface area contributed by atoms with Crippen LogP contribution in [0, 0.1) is 17.6 Å². The number of carbonyl (C=O) groups is 2. The number of halogens is 2. The fraction of sp³-hybridized carbons (Fsp3) is 0.500. The molecule has 1 N–H and O–H groups in total. The Bertz CT molecular complexity index is 594. The summed E-state index contributed by atoms with van der Waals surface area (Å²) in [6, 6.07) is 3.35. The summed E-state index contributed by atoms with van der Waals surface area (Å²) < 4.78 is 26.0. The van der Waals surface area contributed by atoms with Crippen LogP contribution in [0.15, 0.2) is 18.2 Å². The largest absolute Gasteiger partial charge is 0.353 e. The molecule has 1 saturated heterocycles. The highest BCUT2D eigenvalue weighted by molar-refractivity contribution is 5.96. The van der Waals surface area contributed by atoms with Gasteiger partial charge in [-0.1, -0.05) is 12.8 Å². The molecule has 0 aromatic heterocycles. The van der Waals surface area contributed by atoms with Crippen LogP contribution >= 0.6 is 0 Å².